The predicted molar refractivity (Wildman–Crippen MR) is 103 cm³/mol. The molecule has 0 bridgehead atoms. The summed E-state index contributed by atoms with van der Waals surface area (Å²) in [7, 11) is 1.90. The first-order valence-corrected chi connectivity index (χ1v) is 9.15. The average molecular weight is 353 g/mol. The number of piperidine rings is 1. The number of aryl methyl sites for hydroxylation is 2. The third-order valence-corrected chi connectivity index (χ3v) is 5.30. The topological polar surface area (TPSA) is 58.4 Å². The molecular formula is C21H27N3O2. The van der Waals surface area contributed by atoms with E-state index >= 15 is 0 Å². The first-order chi connectivity index (χ1) is 12.5. The van der Waals surface area contributed by atoms with Gasteiger partial charge in [-0.05, 0) is 38.3 Å². The van der Waals surface area contributed by atoms with Crippen molar-refractivity contribution >= 4 is 12.0 Å². The molecule has 0 unspecified atom stereocenters. The number of carbonyl (C=O) groups excluding carboxylic acids is 1. The Morgan fingerprint density at radius 3 is 2.69 bits per heavy atom. The largest absolute Gasteiger partial charge is 0.393 e. The average Bonchev–Trinajstić information content (AvgIpc) is 2.87. The van der Waals surface area contributed by atoms with Crippen LogP contribution in [-0.4, -0.2) is 44.9 Å². The van der Waals surface area contributed by atoms with Crippen LogP contribution < -0.4 is 0 Å². The molecule has 26 heavy (non-hydrogen) atoms. The van der Waals surface area contributed by atoms with Crippen LogP contribution >= 0.6 is 0 Å². The number of amides is 1. The zero-order chi connectivity index (χ0) is 18.7. The zero-order valence-corrected chi connectivity index (χ0v) is 15.7. The van der Waals surface area contributed by atoms with Gasteiger partial charge in [-0.1, -0.05) is 30.3 Å². The van der Waals surface area contributed by atoms with E-state index in [2.05, 4.69) is 17.2 Å². The van der Waals surface area contributed by atoms with Crippen molar-refractivity contribution in [2.24, 2.45) is 13.0 Å². The van der Waals surface area contributed by atoms with E-state index in [-0.39, 0.29) is 17.9 Å². The van der Waals surface area contributed by atoms with Crippen molar-refractivity contribution in [3.05, 3.63) is 58.9 Å². The fourth-order valence-corrected chi connectivity index (χ4v) is 3.63. The lowest BCUT2D eigenvalue weighted by Crippen LogP contribution is -2.46. The first kappa shape index (κ1) is 18.4. The summed E-state index contributed by atoms with van der Waals surface area (Å²) in [5, 5.41) is 14.7. The molecule has 2 aromatic rings. The number of hydrogen-bond donors (Lipinski definition) is 1. The highest BCUT2D eigenvalue weighted by Gasteiger charge is 2.29. The number of aliphatic hydroxyl groups excluding tert-OH is 1. The Hall–Kier alpha value is -2.40. The third kappa shape index (κ3) is 4.05. The highest BCUT2D eigenvalue weighted by Crippen LogP contribution is 2.22. The summed E-state index contributed by atoms with van der Waals surface area (Å²) in [6.07, 6.45) is 4.55. The number of rotatable bonds is 4. The number of carbonyl (C=O) groups is 1. The standard InChI is InChI=1S/C21H27N3O2/c1-15-19(16(2)23(3)22-15)9-10-21(26)24-12-11-20(25)18(14-24)13-17-7-5-4-6-8-17/h4-10,18,20,25H,11-14H2,1-3H3/b10-9+/t18-,20+/m1/s1. The van der Waals surface area contributed by atoms with E-state index in [4.69, 9.17) is 0 Å². The van der Waals surface area contributed by atoms with Crippen LogP contribution in [0.1, 0.15) is 28.9 Å². The molecule has 5 nitrogen and oxygen atoms in total. The molecule has 1 aromatic heterocycles. The van der Waals surface area contributed by atoms with Gasteiger partial charge >= 0.3 is 0 Å². The van der Waals surface area contributed by atoms with E-state index in [1.165, 1.54) is 5.56 Å². The van der Waals surface area contributed by atoms with Crippen LogP contribution in [0.4, 0.5) is 0 Å². The van der Waals surface area contributed by atoms with Crippen molar-refractivity contribution in [3.8, 4) is 0 Å². The number of aromatic nitrogens is 2. The SMILES string of the molecule is Cc1nn(C)c(C)c1/C=C/C(=O)N1CC[C@H](O)[C@H](Cc2ccccc2)C1. The summed E-state index contributed by atoms with van der Waals surface area (Å²) in [4.78, 5) is 14.5. The minimum atomic E-state index is -0.356. The summed E-state index contributed by atoms with van der Waals surface area (Å²) in [5.41, 5.74) is 4.16. The van der Waals surface area contributed by atoms with Gasteiger partial charge in [0.15, 0.2) is 0 Å². The summed E-state index contributed by atoms with van der Waals surface area (Å²) < 4.78 is 1.83. The normalized spacial score (nSPS) is 20.7. The molecule has 0 radical (unpaired) electrons. The van der Waals surface area contributed by atoms with Gasteiger partial charge in [0.05, 0.1) is 11.8 Å². The van der Waals surface area contributed by atoms with Gasteiger partial charge < -0.3 is 10.0 Å². The first-order valence-electron chi connectivity index (χ1n) is 9.15. The lowest BCUT2D eigenvalue weighted by atomic mass is 9.88. The lowest BCUT2D eigenvalue weighted by Gasteiger charge is -2.36. The minimum absolute atomic E-state index is 0.00221. The maximum Gasteiger partial charge on any atom is 0.246 e. The van der Waals surface area contributed by atoms with Gasteiger partial charge in [0.2, 0.25) is 5.91 Å². The molecule has 1 saturated heterocycles. The molecular weight excluding hydrogens is 326 g/mol. The molecule has 3 rings (SSSR count). The molecule has 138 valence electrons. The number of likely N-dealkylation sites (tertiary alicyclic amines) is 1. The van der Waals surface area contributed by atoms with Crippen LogP contribution in [0, 0.1) is 19.8 Å². The van der Waals surface area contributed by atoms with E-state index in [1.807, 2.05) is 54.8 Å². The number of nitrogens with zero attached hydrogens (tertiary/aromatic N) is 3. The molecule has 0 aliphatic carbocycles. The Morgan fingerprint density at radius 2 is 2.04 bits per heavy atom. The highest BCUT2D eigenvalue weighted by atomic mass is 16.3. The monoisotopic (exact) mass is 353 g/mol. The van der Waals surface area contributed by atoms with E-state index in [9.17, 15) is 9.90 Å². The second-order valence-electron chi connectivity index (χ2n) is 7.13. The fourth-order valence-electron chi connectivity index (χ4n) is 3.63. The summed E-state index contributed by atoms with van der Waals surface area (Å²) in [6.45, 7) is 5.13. The van der Waals surface area contributed by atoms with Crippen LogP contribution in [-0.2, 0) is 18.3 Å². The molecule has 1 N–H and O–H groups in total. The van der Waals surface area contributed by atoms with Crippen molar-refractivity contribution < 1.29 is 9.90 Å². The summed E-state index contributed by atoms with van der Waals surface area (Å²) >= 11 is 0. The molecule has 1 aliphatic rings. The Balaban J connectivity index is 1.66. The van der Waals surface area contributed by atoms with Crippen molar-refractivity contribution in [3.63, 3.8) is 0 Å². The van der Waals surface area contributed by atoms with Gasteiger partial charge in [-0.3, -0.25) is 9.48 Å². The number of aliphatic hydroxyl groups is 1. The van der Waals surface area contributed by atoms with E-state index in [0.717, 1.165) is 23.4 Å². The van der Waals surface area contributed by atoms with Crippen molar-refractivity contribution in [2.45, 2.75) is 32.8 Å². The molecule has 1 fully saturated rings. The van der Waals surface area contributed by atoms with Crippen LogP contribution in [0.15, 0.2) is 36.4 Å². The minimum Gasteiger partial charge on any atom is -0.393 e. The van der Waals surface area contributed by atoms with Gasteiger partial charge in [0, 0.05) is 43.4 Å². The third-order valence-electron chi connectivity index (χ3n) is 5.30. The zero-order valence-electron chi connectivity index (χ0n) is 15.7. The second-order valence-corrected chi connectivity index (χ2v) is 7.13. The van der Waals surface area contributed by atoms with Crippen LogP contribution in [0.2, 0.25) is 0 Å². The molecule has 2 heterocycles. The molecule has 0 spiro atoms. The van der Waals surface area contributed by atoms with Crippen LogP contribution in [0.25, 0.3) is 6.08 Å². The van der Waals surface area contributed by atoms with Crippen LogP contribution in [0.3, 0.4) is 0 Å². The Morgan fingerprint density at radius 1 is 1.31 bits per heavy atom. The number of benzene rings is 1. The quantitative estimate of drug-likeness (QED) is 0.859. The Labute approximate surface area is 154 Å². The van der Waals surface area contributed by atoms with Crippen LogP contribution in [0.5, 0.6) is 0 Å². The van der Waals surface area contributed by atoms with E-state index in [1.54, 1.807) is 6.08 Å². The summed E-state index contributed by atoms with van der Waals surface area (Å²) in [5.74, 6) is 0.0722. The highest BCUT2D eigenvalue weighted by molar-refractivity contribution is 5.92. The molecule has 1 aromatic carbocycles. The van der Waals surface area contributed by atoms with Gasteiger partial charge in [-0.25, -0.2) is 0 Å². The second kappa shape index (κ2) is 7.87. The van der Waals surface area contributed by atoms with Gasteiger partial charge in [0.1, 0.15) is 0 Å². The number of hydrogen-bond acceptors (Lipinski definition) is 3. The molecule has 1 amide bonds. The van der Waals surface area contributed by atoms with Gasteiger partial charge in [0.25, 0.3) is 0 Å². The van der Waals surface area contributed by atoms with E-state index < -0.39 is 0 Å². The van der Waals surface area contributed by atoms with Crippen molar-refractivity contribution in [2.75, 3.05) is 13.1 Å². The molecule has 0 saturated carbocycles. The smallest absolute Gasteiger partial charge is 0.246 e. The molecule has 2 atom stereocenters. The van der Waals surface area contributed by atoms with E-state index in [0.29, 0.717) is 19.5 Å². The Bertz CT molecular complexity index is 795. The maximum atomic E-state index is 12.6. The Kier molecular flexibility index (Phi) is 5.57. The molecule has 5 heteroatoms. The predicted octanol–water partition coefficient (Wildman–Crippen LogP) is 2.50. The van der Waals surface area contributed by atoms with Crippen molar-refractivity contribution in [1.82, 2.24) is 14.7 Å². The maximum absolute atomic E-state index is 12.6. The summed E-state index contributed by atoms with van der Waals surface area (Å²) in [6, 6.07) is 10.1. The van der Waals surface area contributed by atoms with Gasteiger partial charge in [-0.2, -0.15) is 5.10 Å². The molecule has 1 aliphatic heterocycles. The lowest BCUT2D eigenvalue weighted by molar-refractivity contribution is -0.129. The van der Waals surface area contributed by atoms with Gasteiger partial charge in [-0.15, -0.1) is 0 Å². The van der Waals surface area contributed by atoms with Crippen molar-refractivity contribution in [1.29, 1.82) is 0 Å². The fraction of sp³-hybridized carbons (Fsp3) is 0.429.